The molecule has 0 amide bonds. The molecule has 2 aromatic heterocycles. The van der Waals surface area contributed by atoms with E-state index in [4.69, 9.17) is 21.1 Å². The summed E-state index contributed by atoms with van der Waals surface area (Å²) in [5, 5.41) is 0.449. The van der Waals surface area contributed by atoms with Gasteiger partial charge in [-0.1, -0.05) is 23.7 Å². The summed E-state index contributed by atoms with van der Waals surface area (Å²) in [5.41, 5.74) is 1.55. The van der Waals surface area contributed by atoms with Gasteiger partial charge in [-0.05, 0) is 42.3 Å². The molecule has 0 spiro atoms. The number of ether oxygens (including phenoxy) is 2. The van der Waals surface area contributed by atoms with Gasteiger partial charge in [0, 0.05) is 41.2 Å². The van der Waals surface area contributed by atoms with Crippen molar-refractivity contribution in [3.05, 3.63) is 76.7 Å². The normalized spacial score (nSPS) is 11.2. The second-order valence-electron chi connectivity index (χ2n) is 6.89. The molecule has 0 atom stereocenters. The van der Waals surface area contributed by atoms with Gasteiger partial charge >= 0.3 is 12.1 Å². The van der Waals surface area contributed by atoms with E-state index in [0.29, 0.717) is 16.1 Å². The molecule has 0 N–H and O–H groups in total. The van der Waals surface area contributed by atoms with Crippen LogP contribution in [0.2, 0.25) is 5.02 Å². The van der Waals surface area contributed by atoms with Crippen LogP contribution in [0.5, 0.6) is 5.88 Å². The molecule has 172 valence electrons. The average molecular weight is 479 g/mol. The number of rotatable bonds is 8. The molecule has 0 unspecified atom stereocenters. The highest BCUT2D eigenvalue weighted by molar-refractivity contribution is 6.30. The number of ketones is 1. The number of halogens is 4. The maximum atomic E-state index is 12.8. The number of alkyl halides is 3. The van der Waals surface area contributed by atoms with E-state index in [1.165, 1.54) is 30.7 Å². The fourth-order valence-corrected chi connectivity index (χ4v) is 3.03. The van der Waals surface area contributed by atoms with Crippen molar-refractivity contribution in [3.63, 3.8) is 0 Å². The Morgan fingerprint density at radius 3 is 2.39 bits per heavy atom. The van der Waals surface area contributed by atoms with Crippen LogP contribution in [0.15, 0.2) is 55.0 Å². The van der Waals surface area contributed by atoms with Crippen molar-refractivity contribution in [2.75, 3.05) is 13.2 Å². The van der Waals surface area contributed by atoms with Crippen LogP contribution in [-0.2, 0) is 11.2 Å². The van der Waals surface area contributed by atoms with Crippen molar-refractivity contribution < 1.29 is 32.2 Å². The summed E-state index contributed by atoms with van der Waals surface area (Å²) in [6.07, 6.45) is -0.779. The number of nitrogens with zero attached hydrogens (tertiary/aromatic N) is 2. The van der Waals surface area contributed by atoms with Crippen molar-refractivity contribution in [2.24, 2.45) is 0 Å². The molecule has 3 aromatic rings. The van der Waals surface area contributed by atoms with Crippen molar-refractivity contribution in [3.8, 4) is 17.0 Å². The molecule has 3 rings (SSSR count). The van der Waals surface area contributed by atoms with E-state index < -0.39 is 18.8 Å². The van der Waals surface area contributed by atoms with E-state index >= 15 is 0 Å². The molecule has 0 aliphatic rings. The lowest BCUT2D eigenvalue weighted by atomic mass is 10.0. The third kappa shape index (κ3) is 6.76. The van der Waals surface area contributed by atoms with Gasteiger partial charge in [-0.15, -0.1) is 0 Å². The Morgan fingerprint density at radius 1 is 1.03 bits per heavy atom. The van der Waals surface area contributed by atoms with E-state index in [-0.39, 0.29) is 41.4 Å². The molecule has 10 heteroatoms. The van der Waals surface area contributed by atoms with Crippen LogP contribution in [0.25, 0.3) is 11.1 Å². The highest BCUT2D eigenvalue weighted by atomic mass is 35.5. The van der Waals surface area contributed by atoms with Crippen LogP contribution in [0.1, 0.15) is 33.2 Å². The van der Waals surface area contributed by atoms with Crippen LogP contribution in [0, 0.1) is 0 Å². The second kappa shape index (κ2) is 10.4. The van der Waals surface area contributed by atoms with E-state index in [1.54, 1.807) is 31.2 Å². The van der Waals surface area contributed by atoms with Gasteiger partial charge in [-0.2, -0.15) is 13.2 Å². The third-order valence-corrected chi connectivity index (χ3v) is 4.62. The van der Waals surface area contributed by atoms with Crippen LogP contribution in [0.3, 0.4) is 0 Å². The minimum Gasteiger partial charge on any atom is -0.468 e. The van der Waals surface area contributed by atoms with Gasteiger partial charge in [-0.3, -0.25) is 9.78 Å². The quantitative estimate of drug-likeness (QED) is 0.321. The molecule has 6 nitrogen and oxygen atoms in total. The third-order valence-electron chi connectivity index (χ3n) is 4.37. The van der Waals surface area contributed by atoms with Crippen molar-refractivity contribution >= 4 is 23.4 Å². The topological polar surface area (TPSA) is 78.4 Å². The molecular formula is C23H18ClF3N2O4. The molecule has 0 fully saturated rings. The van der Waals surface area contributed by atoms with Gasteiger partial charge in [0.1, 0.15) is 0 Å². The van der Waals surface area contributed by atoms with Crippen LogP contribution in [-0.4, -0.2) is 41.1 Å². The summed E-state index contributed by atoms with van der Waals surface area (Å²) in [4.78, 5) is 32.6. The number of hydrogen-bond donors (Lipinski definition) is 0. The Balaban J connectivity index is 1.88. The van der Waals surface area contributed by atoms with Crippen LogP contribution in [0.4, 0.5) is 13.2 Å². The molecule has 0 aliphatic carbocycles. The van der Waals surface area contributed by atoms with E-state index in [0.717, 1.165) is 0 Å². The van der Waals surface area contributed by atoms with Gasteiger partial charge < -0.3 is 9.47 Å². The fraction of sp³-hybridized carbons (Fsp3) is 0.217. The Labute approximate surface area is 192 Å². The number of Topliss-reactive ketones (excluding diaryl/α,β-unsaturated/α-hetero) is 1. The summed E-state index contributed by atoms with van der Waals surface area (Å²) in [6.45, 7) is 0.331. The van der Waals surface area contributed by atoms with E-state index in [2.05, 4.69) is 9.97 Å². The summed E-state index contributed by atoms with van der Waals surface area (Å²) in [6, 6.07) is 9.28. The number of pyridine rings is 2. The lowest BCUT2D eigenvalue weighted by Gasteiger charge is -2.14. The number of hydrogen-bond acceptors (Lipinski definition) is 6. The number of esters is 1. The molecule has 1 aromatic carbocycles. The zero-order valence-corrected chi connectivity index (χ0v) is 18.1. The lowest BCUT2D eigenvalue weighted by molar-refractivity contribution is -0.154. The zero-order chi connectivity index (χ0) is 24.0. The Morgan fingerprint density at radius 2 is 1.73 bits per heavy atom. The second-order valence-corrected chi connectivity index (χ2v) is 7.33. The van der Waals surface area contributed by atoms with Crippen molar-refractivity contribution in [2.45, 2.75) is 19.5 Å². The standard InChI is InChI=1S/C23H18ClF3N2O4/c1-2-32-22(31)17-9-16(11-28-12-17)20(30)8-14-7-19(15-3-5-18(24)6-4-15)21(29-10-14)33-13-23(25,26)27/h3-7,9-12H,2,8,13H2,1H3. The highest BCUT2D eigenvalue weighted by Crippen LogP contribution is 2.31. The summed E-state index contributed by atoms with van der Waals surface area (Å²) < 4.78 is 47.7. The average Bonchev–Trinajstić information content (AvgIpc) is 2.78. The first kappa shape index (κ1) is 24.2. The SMILES string of the molecule is CCOC(=O)c1cncc(C(=O)Cc2cnc(OCC(F)(F)F)c(-c3ccc(Cl)cc3)c2)c1. The first-order valence-corrected chi connectivity index (χ1v) is 10.1. The minimum atomic E-state index is -4.54. The van der Waals surface area contributed by atoms with Crippen LogP contribution < -0.4 is 4.74 Å². The predicted octanol–water partition coefficient (Wildman–Crippen LogP) is 5.34. The van der Waals surface area contributed by atoms with Crippen molar-refractivity contribution in [1.29, 1.82) is 0 Å². The fourth-order valence-electron chi connectivity index (χ4n) is 2.90. The molecular weight excluding hydrogens is 461 g/mol. The van der Waals surface area contributed by atoms with E-state index in [9.17, 15) is 22.8 Å². The summed E-state index contributed by atoms with van der Waals surface area (Å²) >= 11 is 5.90. The van der Waals surface area contributed by atoms with Gasteiger partial charge in [0.2, 0.25) is 5.88 Å². The molecule has 0 aliphatic heterocycles. The van der Waals surface area contributed by atoms with Crippen LogP contribution >= 0.6 is 11.6 Å². The molecule has 2 heterocycles. The Bertz CT molecular complexity index is 1150. The molecule has 0 radical (unpaired) electrons. The summed E-state index contributed by atoms with van der Waals surface area (Å²) in [5.74, 6) is -1.18. The molecule has 0 saturated heterocycles. The number of carbonyl (C=O) groups excluding carboxylic acids is 2. The first-order valence-electron chi connectivity index (χ1n) is 9.76. The molecule has 33 heavy (non-hydrogen) atoms. The van der Waals surface area contributed by atoms with Gasteiger partial charge in [0.05, 0.1) is 12.2 Å². The zero-order valence-electron chi connectivity index (χ0n) is 17.4. The maximum Gasteiger partial charge on any atom is 0.422 e. The van der Waals surface area contributed by atoms with E-state index in [1.807, 2.05) is 0 Å². The Hall–Kier alpha value is -3.46. The maximum absolute atomic E-state index is 12.8. The van der Waals surface area contributed by atoms with Crippen molar-refractivity contribution in [1.82, 2.24) is 9.97 Å². The summed E-state index contributed by atoms with van der Waals surface area (Å²) in [7, 11) is 0. The van der Waals surface area contributed by atoms with Gasteiger partial charge in [-0.25, -0.2) is 9.78 Å². The number of carbonyl (C=O) groups is 2. The molecule has 0 saturated carbocycles. The largest absolute Gasteiger partial charge is 0.468 e. The number of aromatic nitrogens is 2. The Kier molecular flexibility index (Phi) is 7.65. The predicted molar refractivity (Wildman–Crippen MR) is 114 cm³/mol. The smallest absolute Gasteiger partial charge is 0.422 e. The molecule has 0 bridgehead atoms. The lowest BCUT2D eigenvalue weighted by Crippen LogP contribution is -2.20. The minimum absolute atomic E-state index is 0.124. The number of benzene rings is 1. The first-order chi connectivity index (χ1) is 15.7. The van der Waals surface area contributed by atoms with Gasteiger partial charge in [0.25, 0.3) is 0 Å². The highest BCUT2D eigenvalue weighted by Gasteiger charge is 2.29. The monoisotopic (exact) mass is 478 g/mol. The van der Waals surface area contributed by atoms with Gasteiger partial charge in [0.15, 0.2) is 12.4 Å².